The van der Waals surface area contributed by atoms with E-state index in [1.165, 1.54) is 9.21 Å². The second kappa shape index (κ2) is 13.1. The Hall–Kier alpha value is -2.74. The topological polar surface area (TPSA) is 174 Å². The van der Waals surface area contributed by atoms with Crippen molar-refractivity contribution in [2.45, 2.75) is 121 Å². The predicted molar refractivity (Wildman–Crippen MR) is 159 cm³/mol. The number of hydrogen-bond donors (Lipinski definition) is 4. The molecule has 14 heteroatoms. The summed E-state index contributed by atoms with van der Waals surface area (Å²) < 4.78 is 28.2. The number of nitrogens with one attached hydrogen (secondary N) is 4. The monoisotopic (exact) mass is 624 g/mol. The van der Waals surface area contributed by atoms with Crippen LogP contribution < -0.4 is 21.3 Å². The number of nitrogens with zero attached hydrogens (tertiary/aromatic N) is 2. The highest BCUT2D eigenvalue weighted by Crippen LogP contribution is 2.40. The molecule has 0 aromatic heterocycles. The van der Waals surface area contributed by atoms with Gasteiger partial charge in [-0.2, -0.15) is 0 Å². The van der Waals surface area contributed by atoms with Crippen molar-refractivity contribution in [2.75, 3.05) is 26.2 Å². The molecule has 2 saturated carbocycles. The number of hydrogen-bond acceptors (Lipinski definition) is 7. The van der Waals surface area contributed by atoms with Gasteiger partial charge in [0.05, 0.1) is 17.3 Å². The number of Topliss-reactive ketones (excluding diaryl/α,β-unsaturated/α-hetero) is 1. The average molecular weight is 625 g/mol. The van der Waals surface area contributed by atoms with Crippen LogP contribution in [0.15, 0.2) is 0 Å². The van der Waals surface area contributed by atoms with Gasteiger partial charge >= 0.3 is 6.03 Å². The smallest absolute Gasteiger partial charge is 0.315 e. The maximum absolute atomic E-state index is 13.9. The van der Waals surface area contributed by atoms with Gasteiger partial charge in [0.1, 0.15) is 12.1 Å². The summed E-state index contributed by atoms with van der Waals surface area (Å²) >= 11 is 0. The van der Waals surface area contributed by atoms with Crippen LogP contribution in [-0.4, -0.2) is 102 Å². The standard InChI is InChI=1S/C29H48N6O7S/c1-5-34-17-13-22(43(34,41)42)29(14-7-6-8-15-29)33-27(40)32-23(28(2,3)4)26(39)35-16-9-10-20(35)24(37)30-18-21(36)25(38)31-19-11-12-19/h19-20,22-23H,5-18H2,1-4H3,(H,30,37)(H,31,38)(H2,32,33,40)/t20-,22-,23+/m0/s1. The molecule has 4 N–H and O–H groups in total. The van der Waals surface area contributed by atoms with Gasteiger partial charge in [-0.15, -0.1) is 0 Å². The maximum Gasteiger partial charge on any atom is 0.315 e. The molecule has 0 radical (unpaired) electrons. The van der Waals surface area contributed by atoms with E-state index in [1.807, 2.05) is 27.7 Å². The Morgan fingerprint density at radius 1 is 0.930 bits per heavy atom. The third-order valence-electron chi connectivity index (χ3n) is 9.25. The fourth-order valence-corrected chi connectivity index (χ4v) is 9.04. The van der Waals surface area contributed by atoms with Crippen LogP contribution in [0, 0.1) is 5.41 Å². The molecule has 2 heterocycles. The molecule has 0 spiro atoms. The number of carbonyl (C=O) groups excluding carboxylic acids is 5. The summed E-state index contributed by atoms with van der Waals surface area (Å²) in [6, 6.07) is -2.42. The first-order valence-electron chi connectivity index (χ1n) is 15.7. The average Bonchev–Trinajstić information content (AvgIpc) is 3.50. The molecular weight excluding hydrogens is 576 g/mol. The Labute approximate surface area is 254 Å². The highest BCUT2D eigenvalue weighted by atomic mass is 32.2. The zero-order valence-corrected chi connectivity index (χ0v) is 26.7. The number of rotatable bonds is 10. The van der Waals surface area contributed by atoms with E-state index in [0.717, 1.165) is 32.1 Å². The molecule has 0 bridgehead atoms. The van der Waals surface area contributed by atoms with Crippen LogP contribution in [0.3, 0.4) is 0 Å². The van der Waals surface area contributed by atoms with Crippen LogP contribution in [0.2, 0.25) is 0 Å². The molecule has 2 aliphatic heterocycles. The quantitative estimate of drug-likeness (QED) is 0.260. The number of likely N-dealkylation sites (tertiary alicyclic amines) is 1. The lowest BCUT2D eigenvalue weighted by molar-refractivity contribution is -0.142. The molecule has 0 aromatic rings. The Morgan fingerprint density at radius 3 is 2.19 bits per heavy atom. The SMILES string of the molecule is CCN1CC[C@@H](C2(NC(=O)N[C@H](C(=O)N3CCC[C@H]3C(=O)NCC(=O)C(=O)NC3CC3)C(C)(C)C)CCCCC2)S1(=O)=O. The van der Waals surface area contributed by atoms with Crippen molar-refractivity contribution >= 4 is 39.6 Å². The number of urea groups is 1. The van der Waals surface area contributed by atoms with Crippen LogP contribution in [0.5, 0.6) is 0 Å². The lowest BCUT2D eigenvalue weighted by Gasteiger charge is -2.43. The summed E-state index contributed by atoms with van der Waals surface area (Å²) in [5.41, 5.74) is -1.65. The van der Waals surface area contributed by atoms with Crippen LogP contribution in [0.25, 0.3) is 0 Å². The van der Waals surface area contributed by atoms with Crippen molar-refractivity contribution in [3.05, 3.63) is 0 Å². The van der Waals surface area contributed by atoms with Crippen molar-refractivity contribution in [2.24, 2.45) is 5.41 Å². The van der Waals surface area contributed by atoms with Crippen LogP contribution in [0.4, 0.5) is 4.79 Å². The summed E-state index contributed by atoms with van der Waals surface area (Å²) in [7, 11) is -3.58. The van der Waals surface area contributed by atoms with Gasteiger partial charge in [0.2, 0.25) is 27.6 Å². The van der Waals surface area contributed by atoms with Gasteiger partial charge in [-0.1, -0.05) is 47.0 Å². The highest BCUT2D eigenvalue weighted by Gasteiger charge is 2.53. The normalized spacial score (nSPS) is 25.9. The van der Waals surface area contributed by atoms with E-state index in [4.69, 9.17) is 0 Å². The van der Waals surface area contributed by atoms with Gasteiger partial charge in [0.25, 0.3) is 5.91 Å². The van der Waals surface area contributed by atoms with Crippen LogP contribution in [0.1, 0.15) is 91.9 Å². The number of amides is 5. The Bertz CT molecular complexity index is 1210. The second-order valence-electron chi connectivity index (χ2n) is 13.5. The first kappa shape index (κ1) is 33.2. The van der Waals surface area contributed by atoms with E-state index in [9.17, 15) is 32.4 Å². The molecule has 4 fully saturated rings. The second-order valence-corrected chi connectivity index (χ2v) is 15.6. The predicted octanol–water partition coefficient (Wildman–Crippen LogP) is 0.782. The van der Waals surface area contributed by atoms with Crippen molar-refractivity contribution in [3.63, 3.8) is 0 Å². The van der Waals surface area contributed by atoms with Crippen molar-refractivity contribution in [1.29, 1.82) is 0 Å². The lowest BCUT2D eigenvalue weighted by atomic mass is 9.78. The van der Waals surface area contributed by atoms with Crippen molar-refractivity contribution < 1.29 is 32.4 Å². The first-order valence-corrected chi connectivity index (χ1v) is 17.2. The molecule has 242 valence electrons. The molecular formula is C29H48N6O7S. The van der Waals surface area contributed by atoms with Crippen LogP contribution in [-0.2, 0) is 29.2 Å². The van der Waals surface area contributed by atoms with E-state index in [0.29, 0.717) is 51.7 Å². The van der Waals surface area contributed by atoms with Gasteiger partial charge in [-0.05, 0) is 50.4 Å². The Morgan fingerprint density at radius 2 is 1.60 bits per heavy atom. The Kier molecular flexibility index (Phi) is 10.1. The minimum Gasteiger partial charge on any atom is -0.347 e. The van der Waals surface area contributed by atoms with Gasteiger partial charge in [0, 0.05) is 25.7 Å². The third-order valence-corrected chi connectivity index (χ3v) is 11.8. The third kappa shape index (κ3) is 7.50. The fraction of sp³-hybridized carbons (Fsp3) is 0.828. The lowest BCUT2D eigenvalue weighted by Crippen LogP contribution is -2.65. The minimum absolute atomic E-state index is 0.0238. The largest absolute Gasteiger partial charge is 0.347 e. The van der Waals surface area contributed by atoms with Gasteiger partial charge in [-0.25, -0.2) is 17.5 Å². The number of sulfonamides is 1. The number of ketones is 1. The van der Waals surface area contributed by atoms with E-state index < -0.39 is 74.4 Å². The summed E-state index contributed by atoms with van der Waals surface area (Å²) in [5, 5.41) is 10.3. The van der Waals surface area contributed by atoms with Crippen LogP contribution >= 0.6 is 0 Å². The molecule has 4 rings (SSSR count). The zero-order valence-electron chi connectivity index (χ0n) is 25.9. The van der Waals surface area contributed by atoms with Gasteiger partial charge in [0.15, 0.2) is 0 Å². The molecule has 0 unspecified atom stereocenters. The summed E-state index contributed by atoms with van der Waals surface area (Å²) in [6.45, 7) is 7.91. The van der Waals surface area contributed by atoms with E-state index in [-0.39, 0.29) is 6.04 Å². The number of carbonyl (C=O) groups is 5. The highest BCUT2D eigenvalue weighted by molar-refractivity contribution is 7.90. The summed E-state index contributed by atoms with van der Waals surface area (Å²) in [5.74, 6) is -2.43. The van der Waals surface area contributed by atoms with Gasteiger partial charge < -0.3 is 26.2 Å². The summed E-state index contributed by atoms with van der Waals surface area (Å²) in [4.78, 5) is 66.1. The van der Waals surface area contributed by atoms with Crippen molar-refractivity contribution in [1.82, 2.24) is 30.5 Å². The molecule has 43 heavy (non-hydrogen) atoms. The molecule has 2 saturated heterocycles. The molecule has 13 nitrogen and oxygen atoms in total. The van der Waals surface area contributed by atoms with E-state index in [1.54, 1.807) is 0 Å². The molecule has 4 aliphatic rings. The fourth-order valence-electron chi connectivity index (χ4n) is 6.70. The molecule has 2 aliphatic carbocycles. The summed E-state index contributed by atoms with van der Waals surface area (Å²) in [6.07, 6.45) is 6.72. The zero-order chi connectivity index (χ0) is 31.6. The van der Waals surface area contributed by atoms with Crippen molar-refractivity contribution in [3.8, 4) is 0 Å². The first-order chi connectivity index (χ1) is 20.2. The molecule has 0 aromatic carbocycles. The van der Waals surface area contributed by atoms with E-state index >= 15 is 0 Å². The molecule has 3 atom stereocenters. The Balaban J connectivity index is 1.43. The minimum atomic E-state index is -3.58. The van der Waals surface area contributed by atoms with E-state index in [2.05, 4.69) is 21.3 Å². The maximum atomic E-state index is 13.9. The molecule has 5 amide bonds. The van der Waals surface area contributed by atoms with Gasteiger partial charge in [-0.3, -0.25) is 19.2 Å².